The van der Waals surface area contributed by atoms with Crippen molar-refractivity contribution < 1.29 is 14.3 Å². The van der Waals surface area contributed by atoms with Gasteiger partial charge in [0.05, 0.1) is 6.10 Å². The number of aromatic nitrogens is 1. The molecular weight excluding hydrogens is 306 g/mol. The summed E-state index contributed by atoms with van der Waals surface area (Å²) < 4.78 is 5.48. The van der Waals surface area contributed by atoms with Crippen molar-refractivity contribution in [1.29, 1.82) is 0 Å². The number of pyridine rings is 1. The number of carbonyl (C=O) groups excluding carboxylic acids is 2. The summed E-state index contributed by atoms with van der Waals surface area (Å²) in [4.78, 5) is 28.0. The van der Waals surface area contributed by atoms with Crippen LogP contribution in [0.3, 0.4) is 0 Å². The number of ether oxygens (including phenoxy) is 1. The molecule has 2 heterocycles. The molecule has 1 fully saturated rings. The van der Waals surface area contributed by atoms with Crippen molar-refractivity contribution >= 4 is 17.5 Å². The first-order valence-corrected chi connectivity index (χ1v) is 7.93. The van der Waals surface area contributed by atoms with Crippen LogP contribution in [0.4, 0.5) is 5.69 Å². The van der Waals surface area contributed by atoms with Gasteiger partial charge < -0.3 is 15.4 Å². The Balaban J connectivity index is 1.54. The minimum Gasteiger partial charge on any atom is -0.376 e. The van der Waals surface area contributed by atoms with E-state index in [0.717, 1.165) is 19.4 Å². The van der Waals surface area contributed by atoms with Gasteiger partial charge in [-0.3, -0.25) is 14.6 Å². The summed E-state index contributed by atoms with van der Waals surface area (Å²) in [5.41, 5.74) is 1.71. The molecule has 2 amide bonds. The third-order valence-electron chi connectivity index (χ3n) is 3.86. The molecular formula is C18H19N3O3. The van der Waals surface area contributed by atoms with Gasteiger partial charge >= 0.3 is 0 Å². The van der Waals surface area contributed by atoms with Crippen molar-refractivity contribution in [3.63, 3.8) is 0 Å². The Morgan fingerprint density at radius 2 is 1.75 bits per heavy atom. The molecule has 2 N–H and O–H groups in total. The van der Waals surface area contributed by atoms with Crippen molar-refractivity contribution in [2.45, 2.75) is 18.9 Å². The van der Waals surface area contributed by atoms with Gasteiger partial charge in [-0.1, -0.05) is 0 Å². The van der Waals surface area contributed by atoms with Crippen molar-refractivity contribution in [2.24, 2.45) is 0 Å². The largest absolute Gasteiger partial charge is 0.376 e. The summed E-state index contributed by atoms with van der Waals surface area (Å²) in [5, 5.41) is 5.65. The Labute approximate surface area is 140 Å². The van der Waals surface area contributed by atoms with E-state index in [2.05, 4.69) is 15.6 Å². The fourth-order valence-corrected chi connectivity index (χ4v) is 2.53. The van der Waals surface area contributed by atoms with E-state index in [0.29, 0.717) is 23.4 Å². The van der Waals surface area contributed by atoms with Crippen molar-refractivity contribution in [3.05, 3.63) is 59.9 Å². The lowest BCUT2D eigenvalue weighted by atomic mass is 10.1. The number of carbonyl (C=O) groups is 2. The van der Waals surface area contributed by atoms with Crippen molar-refractivity contribution in [1.82, 2.24) is 10.3 Å². The van der Waals surface area contributed by atoms with Gasteiger partial charge in [0.2, 0.25) is 0 Å². The molecule has 6 heteroatoms. The van der Waals surface area contributed by atoms with E-state index in [-0.39, 0.29) is 17.9 Å². The van der Waals surface area contributed by atoms with E-state index in [4.69, 9.17) is 4.74 Å². The molecule has 0 bridgehead atoms. The van der Waals surface area contributed by atoms with Crippen LogP contribution in [0.5, 0.6) is 0 Å². The first kappa shape index (κ1) is 16.1. The van der Waals surface area contributed by atoms with E-state index in [9.17, 15) is 9.59 Å². The standard InChI is InChI=1S/C18H19N3O3/c22-17(20-12-16-2-1-11-24-16)13-3-5-15(6-4-13)21-18(23)14-7-9-19-10-8-14/h3-10,16H,1-2,11-12H2,(H,20,22)(H,21,23). The molecule has 0 radical (unpaired) electrons. The number of nitrogens with one attached hydrogen (secondary N) is 2. The lowest BCUT2D eigenvalue weighted by Crippen LogP contribution is -2.31. The van der Waals surface area contributed by atoms with Gasteiger partial charge in [-0.15, -0.1) is 0 Å². The summed E-state index contributed by atoms with van der Waals surface area (Å²) in [7, 11) is 0. The quantitative estimate of drug-likeness (QED) is 0.883. The molecule has 1 aliphatic heterocycles. The molecule has 1 unspecified atom stereocenters. The first-order chi connectivity index (χ1) is 11.7. The summed E-state index contributed by atoms with van der Waals surface area (Å²) in [6.45, 7) is 1.30. The van der Waals surface area contributed by atoms with Crippen molar-refractivity contribution in [3.8, 4) is 0 Å². The molecule has 124 valence electrons. The highest BCUT2D eigenvalue weighted by Crippen LogP contribution is 2.13. The average molecular weight is 325 g/mol. The monoisotopic (exact) mass is 325 g/mol. The molecule has 1 saturated heterocycles. The minimum atomic E-state index is -0.215. The van der Waals surface area contributed by atoms with E-state index in [1.54, 1.807) is 48.8 Å². The topological polar surface area (TPSA) is 80.3 Å². The first-order valence-electron chi connectivity index (χ1n) is 7.93. The van der Waals surface area contributed by atoms with Crippen LogP contribution >= 0.6 is 0 Å². The molecule has 24 heavy (non-hydrogen) atoms. The van der Waals surface area contributed by atoms with Gasteiger partial charge in [0.25, 0.3) is 11.8 Å². The Morgan fingerprint density at radius 1 is 1.04 bits per heavy atom. The normalized spacial score (nSPS) is 16.6. The molecule has 1 aromatic heterocycles. The maximum atomic E-state index is 12.1. The molecule has 6 nitrogen and oxygen atoms in total. The molecule has 1 aliphatic rings. The SMILES string of the molecule is O=C(NCC1CCCO1)c1ccc(NC(=O)c2ccncc2)cc1. The predicted molar refractivity (Wildman–Crippen MR) is 89.9 cm³/mol. The van der Waals surface area contributed by atoms with E-state index in [1.165, 1.54) is 0 Å². The van der Waals surface area contributed by atoms with Crippen LogP contribution in [0.1, 0.15) is 33.6 Å². The van der Waals surface area contributed by atoms with E-state index < -0.39 is 0 Å². The molecule has 1 atom stereocenters. The Hall–Kier alpha value is -2.73. The van der Waals surface area contributed by atoms with Crippen LogP contribution in [-0.2, 0) is 4.74 Å². The van der Waals surface area contributed by atoms with Crippen LogP contribution in [0.25, 0.3) is 0 Å². The smallest absolute Gasteiger partial charge is 0.255 e. The Morgan fingerprint density at radius 3 is 2.42 bits per heavy atom. The van der Waals surface area contributed by atoms with Crippen LogP contribution in [-0.4, -0.2) is 36.1 Å². The van der Waals surface area contributed by atoms with Gasteiger partial charge in [0, 0.05) is 42.4 Å². The molecule has 2 aromatic rings. The molecule has 0 aliphatic carbocycles. The molecule has 3 rings (SSSR count). The second kappa shape index (κ2) is 7.70. The number of rotatable bonds is 5. The maximum absolute atomic E-state index is 12.1. The zero-order valence-corrected chi connectivity index (χ0v) is 13.2. The third kappa shape index (κ3) is 4.17. The van der Waals surface area contributed by atoms with Crippen LogP contribution in [0.2, 0.25) is 0 Å². The average Bonchev–Trinajstić information content (AvgIpc) is 3.14. The number of nitrogens with zero attached hydrogens (tertiary/aromatic N) is 1. The molecule has 0 spiro atoms. The van der Waals surface area contributed by atoms with E-state index in [1.807, 2.05) is 0 Å². The second-order valence-corrected chi connectivity index (χ2v) is 5.61. The van der Waals surface area contributed by atoms with Gasteiger partial charge in [-0.2, -0.15) is 0 Å². The maximum Gasteiger partial charge on any atom is 0.255 e. The Kier molecular flexibility index (Phi) is 5.18. The van der Waals surface area contributed by atoms with Gasteiger partial charge in [-0.05, 0) is 49.2 Å². The lowest BCUT2D eigenvalue weighted by molar-refractivity contribution is 0.0857. The number of hydrogen-bond acceptors (Lipinski definition) is 4. The van der Waals surface area contributed by atoms with Crippen LogP contribution in [0.15, 0.2) is 48.8 Å². The van der Waals surface area contributed by atoms with Gasteiger partial charge in [-0.25, -0.2) is 0 Å². The summed E-state index contributed by atoms with van der Waals surface area (Å²) in [6.07, 6.45) is 5.28. The fourth-order valence-electron chi connectivity index (χ4n) is 2.53. The van der Waals surface area contributed by atoms with Gasteiger partial charge in [0.15, 0.2) is 0 Å². The third-order valence-corrected chi connectivity index (χ3v) is 3.86. The number of benzene rings is 1. The Bertz CT molecular complexity index is 695. The fraction of sp³-hybridized carbons (Fsp3) is 0.278. The summed E-state index contributed by atoms with van der Waals surface area (Å²) >= 11 is 0. The van der Waals surface area contributed by atoms with E-state index >= 15 is 0 Å². The molecule has 0 saturated carbocycles. The number of anilines is 1. The van der Waals surface area contributed by atoms with Crippen LogP contribution in [0, 0.1) is 0 Å². The zero-order chi connectivity index (χ0) is 16.8. The summed E-state index contributed by atoms with van der Waals surface area (Å²) in [5.74, 6) is -0.356. The minimum absolute atomic E-state index is 0.118. The van der Waals surface area contributed by atoms with Crippen LogP contribution < -0.4 is 10.6 Å². The highest BCUT2D eigenvalue weighted by atomic mass is 16.5. The molecule has 1 aromatic carbocycles. The highest BCUT2D eigenvalue weighted by Gasteiger charge is 2.16. The zero-order valence-electron chi connectivity index (χ0n) is 13.2. The lowest BCUT2D eigenvalue weighted by Gasteiger charge is -2.11. The second-order valence-electron chi connectivity index (χ2n) is 5.61. The van der Waals surface area contributed by atoms with Gasteiger partial charge in [0.1, 0.15) is 0 Å². The highest BCUT2D eigenvalue weighted by molar-refractivity contribution is 6.04. The number of amides is 2. The predicted octanol–water partition coefficient (Wildman–Crippen LogP) is 2.24. The van der Waals surface area contributed by atoms with Crippen molar-refractivity contribution in [2.75, 3.05) is 18.5 Å². The summed E-state index contributed by atoms with van der Waals surface area (Å²) in [6, 6.07) is 10.1. The number of hydrogen-bond donors (Lipinski definition) is 2.